The third-order valence-electron chi connectivity index (χ3n) is 2.76. The summed E-state index contributed by atoms with van der Waals surface area (Å²) in [4.78, 5) is 12.1. The number of hydrogen-bond donors (Lipinski definition) is 1. The predicted octanol–water partition coefficient (Wildman–Crippen LogP) is 2.54. The fourth-order valence-electron chi connectivity index (χ4n) is 1.93. The van der Waals surface area contributed by atoms with E-state index in [9.17, 15) is 0 Å². The molecular weight excluding hydrogens is 216 g/mol. The van der Waals surface area contributed by atoms with Crippen molar-refractivity contribution in [2.45, 2.75) is 20.8 Å². The first-order chi connectivity index (χ1) is 8.15. The summed E-state index contributed by atoms with van der Waals surface area (Å²) in [6, 6.07) is 3.93. The second kappa shape index (κ2) is 3.41. The van der Waals surface area contributed by atoms with Gasteiger partial charge < -0.3 is 9.51 Å². The third-order valence-corrected chi connectivity index (χ3v) is 2.76. The maximum atomic E-state index is 5.14. The van der Waals surface area contributed by atoms with E-state index in [1.807, 2.05) is 32.9 Å². The minimum Gasteiger partial charge on any atom is -0.361 e. The molecule has 1 N–H and O–H groups in total. The number of nitrogens with zero attached hydrogens (tertiary/aromatic N) is 3. The maximum Gasteiger partial charge on any atom is 0.178 e. The predicted molar refractivity (Wildman–Crippen MR) is 63.6 cm³/mol. The number of hydrogen-bond acceptors (Lipinski definition) is 4. The number of aromatic nitrogens is 4. The Bertz CT molecular complexity index is 676. The lowest BCUT2D eigenvalue weighted by atomic mass is 10.2. The standard InChI is InChI=1S/C12H12N4O/c1-6-4-5-9-11(13-6)15-12(14-9)10-7(2)16-17-8(10)3/h4-5H,1-3H3,(H,13,14,15). The number of pyridine rings is 1. The van der Waals surface area contributed by atoms with E-state index in [1.54, 1.807) is 0 Å². The molecule has 0 fully saturated rings. The van der Waals surface area contributed by atoms with Gasteiger partial charge in [-0.1, -0.05) is 5.16 Å². The van der Waals surface area contributed by atoms with Gasteiger partial charge in [-0.3, -0.25) is 0 Å². The van der Waals surface area contributed by atoms with Gasteiger partial charge in [0.1, 0.15) is 11.6 Å². The molecule has 5 heteroatoms. The Balaban J connectivity index is 2.25. The van der Waals surface area contributed by atoms with E-state index in [1.165, 1.54) is 0 Å². The molecule has 0 aliphatic carbocycles. The molecule has 0 spiro atoms. The smallest absolute Gasteiger partial charge is 0.178 e. The number of fused-ring (bicyclic) bond motifs is 1. The van der Waals surface area contributed by atoms with Crippen LogP contribution in [0, 0.1) is 20.8 Å². The van der Waals surface area contributed by atoms with Gasteiger partial charge in [-0.15, -0.1) is 0 Å². The van der Waals surface area contributed by atoms with Crippen LogP contribution in [0.2, 0.25) is 0 Å². The molecule has 0 aromatic carbocycles. The van der Waals surface area contributed by atoms with Crippen molar-refractivity contribution in [1.82, 2.24) is 20.1 Å². The summed E-state index contributed by atoms with van der Waals surface area (Å²) in [5.41, 5.74) is 4.35. The summed E-state index contributed by atoms with van der Waals surface area (Å²) in [5.74, 6) is 1.52. The van der Waals surface area contributed by atoms with Crippen LogP contribution in [0.25, 0.3) is 22.6 Å². The monoisotopic (exact) mass is 228 g/mol. The van der Waals surface area contributed by atoms with E-state index >= 15 is 0 Å². The summed E-state index contributed by atoms with van der Waals surface area (Å²) < 4.78 is 5.14. The molecule has 0 bridgehead atoms. The number of H-pyrrole nitrogens is 1. The largest absolute Gasteiger partial charge is 0.361 e. The first-order valence-electron chi connectivity index (χ1n) is 5.42. The van der Waals surface area contributed by atoms with E-state index < -0.39 is 0 Å². The van der Waals surface area contributed by atoms with Crippen molar-refractivity contribution in [2.24, 2.45) is 0 Å². The van der Waals surface area contributed by atoms with Crippen molar-refractivity contribution in [2.75, 3.05) is 0 Å². The van der Waals surface area contributed by atoms with Gasteiger partial charge in [-0.25, -0.2) is 9.97 Å². The molecule has 0 atom stereocenters. The second-order valence-electron chi connectivity index (χ2n) is 4.11. The molecule has 0 unspecified atom stereocenters. The Labute approximate surface area is 97.9 Å². The van der Waals surface area contributed by atoms with Gasteiger partial charge in [-0.05, 0) is 32.9 Å². The highest BCUT2D eigenvalue weighted by Gasteiger charge is 2.15. The van der Waals surface area contributed by atoms with Crippen LogP contribution in [0.15, 0.2) is 16.7 Å². The Kier molecular flexibility index (Phi) is 2.01. The molecule has 3 rings (SSSR count). The highest BCUT2D eigenvalue weighted by molar-refractivity contribution is 5.76. The van der Waals surface area contributed by atoms with E-state index in [0.717, 1.165) is 39.7 Å². The van der Waals surface area contributed by atoms with Gasteiger partial charge in [-0.2, -0.15) is 0 Å². The summed E-state index contributed by atoms with van der Waals surface area (Å²) in [6.45, 7) is 5.72. The number of imidazole rings is 1. The molecule has 86 valence electrons. The summed E-state index contributed by atoms with van der Waals surface area (Å²) in [5, 5.41) is 3.92. The quantitative estimate of drug-likeness (QED) is 0.695. The Hall–Kier alpha value is -2.17. The van der Waals surface area contributed by atoms with Crippen LogP contribution in [0.1, 0.15) is 17.1 Å². The Morgan fingerprint density at radius 3 is 2.65 bits per heavy atom. The van der Waals surface area contributed by atoms with E-state index in [0.29, 0.717) is 0 Å². The zero-order valence-electron chi connectivity index (χ0n) is 9.90. The molecule has 3 aromatic rings. The van der Waals surface area contributed by atoms with E-state index in [2.05, 4.69) is 20.1 Å². The molecule has 3 aromatic heterocycles. The Morgan fingerprint density at radius 1 is 1.12 bits per heavy atom. The number of aryl methyl sites for hydroxylation is 3. The van der Waals surface area contributed by atoms with Gasteiger partial charge in [0.25, 0.3) is 0 Å². The van der Waals surface area contributed by atoms with Crippen molar-refractivity contribution >= 4 is 11.2 Å². The normalized spacial score (nSPS) is 11.2. The fourth-order valence-corrected chi connectivity index (χ4v) is 1.93. The molecule has 5 nitrogen and oxygen atoms in total. The highest BCUT2D eigenvalue weighted by Crippen LogP contribution is 2.25. The molecule has 0 saturated heterocycles. The van der Waals surface area contributed by atoms with Crippen molar-refractivity contribution in [3.05, 3.63) is 29.3 Å². The average Bonchev–Trinajstić information content (AvgIpc) is 2.81. The number of nitrogens with one attached hydrogen (secondary N) is 1. The zero-order valence-corrected chi connectivity index (χ0v) is 9.90. The van der Waals surface area contributed by atoms with Crippen LogP contribution < -0.4 is 0 Å². The fraction of sp³-hybridized carbons (Fsp3) is 0.250. The van der Waals surface area contributed by atoms with Gasteiger partial charge >= 0.3 is 0 Å². The Morgan fingerprint density at radius 2 is 1.94 bits per heavy atom. The molecule has 17 heavy (non-hydrogen) atoms. The summed E-state index contributed by atoms with van der Waals surface area (Å²) in [7, 11) is 0. The minimum atomic E-state index is 0.722. The summed E-state index contributed by atoms with van der Waals surface area (Å²) >= 11 is 0. The number of rotatable bonds is 1. The summed E-state index contributed by atoms with van der Waals surface area (Å²) in [6.07, 6.45) is 0. The molecular formula is C12H12N4O. The molecule has 3 heterocycles. The third kappa shape index (κ3) is 1.51. The van der Waals surface area contributed by atoms with E-state index in [4.69, 9.17) is 4.52 Å². The van der Waals surface area contributed by atoms with Crippen LogP contribution in [0.3, 0.4) is 0 Å². The highest BCUT2D eigenvalue weighted by atomic mass is 16.5. The van der Waals surface area contributed by atoms with E-state index in [-0.39, 0.29) is 0 Å². The molecule has 0 aliphatic rings. The van der Waals surface area contributed by atoms with Gasteiger partial charge in [0.15, 0.2) is 5.65 Å². The lowest BCUT2D eigenvalue weighted by molar-refractivity contribution is 0.393. The van der Waals surface area contributed by atoms with Crippen LogP contribution in [-0.4, -0.2) is 20.1 Å². The van der Waals surface area contributed by atoms with Crippen molar-refractivity contribution < 1.29 is 4.52 Å². The number of aromatic amines is 1. The minimum absolute atomic E-state index is 0.722. The lowest BCUT2D eigenvalue weighted by Crippen LogP contribution is -1.84. The van der Waals surface area contributed by atoms with Crippen molar-refractivity contribution in [3.63, 3.8) is 0 Å². The molecule has 0 radical (unpaired) electrons. The zero-order chi connectivity index (χ0) is 12.0. The topological polar surface area (TPSA) is 67.6 Å². The van der Waals surface area contributed by atoms with Crippen LogP contribution >= 0.6 is 0 Å². The van der Waals surface area contributed by atoms with Gasteiger partial charge in [0.2, 0.25) is 0 Å². The lowest BCUT2D eigenvalue weighted by Gasteiger charge is -1.91. The first kappa shape index (κ1) is 10.0. The van der Waals surface area contributed by atoms with Crippen molar-refractivity contribution in [1.29, 1.82) is 0 Å². The molecule has 0 amide bonds. The van der Waals surface area contributed by atoms with Gasteiger partial charge in [0.05, 0.1) is 16.8 Å². The second-order valence-corrected chi connectivity index (χ2v) is 4.11. The van der Waals surface area contributed by atoms with Gasteiger partial charge in [0, 0.05) is 5.69 Å². The molecule has 0 aliphatic heterocycles. The van der Waals surface area contributed by atoms with Crippen LogP contribution in [0.4, 0.5) is 0 Å². The maximum absolute atomic E-state index is 5.14. The first-order valence-corrected chi connectivity index (χ1v) is 5.42. The van der Waals surface area contributed by atoms with Crippen LogP contribution in [-0.2, 0) is 0 Å². The van der Waals surface area contributed by atoms with Crippen molar-refractivity contribution in [3.8, 4) is 11.4 Å². The SMILES string of the molecule is Cc1ccc2[nH]c(-c3c(C)noc3C)nc2n1. The average molecular weight is 228 g/mol. The molecule has 0 saturated carbocycles. The van der Waals surface area contributed by atoms with Crippen LogP contribution in [0.5, 0.6) is 0 Å².